The molecule has 1 aliphatic heterocycles. The largest absolute Gasteiger partial charge is 0.347 e. The van der Waals surface area contributed by atoms with Crippen LogP contribution in [0.25, 0.3) is 0 Å². The fourth-order valence-corrected chi connectivity index (χ4v) is 8.16. The fourth-order valence-electron chi connectivity index (χ4n) is 7.38. The van der Waals surface area contributed by atoms with E-state index in [1.54, 1.807) is 0 Å². The summed E-state index contributed by atoms with van der Waals surface area (Å²) in [5.74, 6) is 0.519. The number of amides is 1. The van der Waals surface area contributed by atoms with Gasteiger partial charge in [0.05, 0.1) is 12.3 Å². The number of fused-ring (bicyclic) bond motifs is 3. The van der Waals surface area contributed by atoms with Gasteiger partial charge in [0.25, 0.3) is 5.91 Å². The molecule has 1 aromatic heterocycles. The quantitative estimate of drug-likeness (QED) is 0.740. The van der Waals surface area contributed by atoms with Crippen molar-refractivity contribution < 1.29 is 13.2 Å². The SMILES string of the molecule is CC12CCC(C1)C(C)(C)C2NC(=O)c1nn(C2CCCCC2)c2c1CN(S(C)(=O)=O)CC2. The van der Waals surface area contributed by atoms with Crippen LogP contribution in [0.4, 0.5) is 0 Å². The van der Waals surface area contributed by atoms with E-state index in [2.05, 4.69) is 30.8 Å². The van der Waals surface area contributed by atoms with Crippen molar-refractivity contribution in [2.45, 2.75) is 97.2 Å². The highest BCUT2D eigenvalue weighted by atomic mass is 32.2. The minimum atomic E-state index is -3.32. The summed E-state index contributed by atoms with van der Waals surface area (Å²) >= 11 is 0. The third-order valence-electron chi connectivity index (χ3n) is 9.20. The van der Waals surface area contributed by atoms with Crippen LogP contribution in [0.2, 0.25) is 0 Å². The Balaban J connectivity index is 1.49. The van der Waals surface area contributed by atoms with E-state index in [0.717, 1.165) is 30.5 Å². The van der Waals surface area contributed by atoms with Crippen molar-refractivity contribution in [3.63, 3.8) is 0 Å². The molecular weight excluding hydrogens is 424 g/mol. The van der Waals surface area contributed by atoms with E-state index in [-0.39, 0.29) is 29.3 Å². The molecule has 0 saturated heterocycles. The van der Waals surface area contributed by atoms with Crippen molar-refractivity contribution in [1.29, 1.82) is 0 Å². The Morgan fingerprint density at radius 1 is 1.12 bits per heavy atom. The lowest BCUT2D eigenvalue weighted by Crippen LogP contribution is -2.52. The first-order chi connectivity index (χ1) is 15.0. The average molecular weight is 463 g/mol. The standard InChI is InChI=1S/C24H38N4O3S/c1-23(2)16-10-12-24(3,14-16)22(23)25-21(29)20-18-15-27(32(4,30)31)13-11-19(18)28(26-20)17-8-6-5-7-9-17/h16-17,22H,5-15H2,1-4H3,(H,25,29). The smallest absolute Gasteiger partial charge is 0.272 e. The number of sulfonamides is 1. The summed E-state index contributed by atoms with van der Waals surface area (Å²) in [6.07, 6.45) is 11.2. The molecule has 3 unspecified atom stereocenters. The summed E-state index contributed by atoms with van der Waals surface area (Å²) in [6, 6.07) is 0.437. The molecule has 3 aliphatic carbocycles. The Morgan fingerprint density at radius 2 is 1.84 bits per heavy atom. The number of carbonyl (C=O) groups excluding carboxylic acids is 1. The Labute approximate surface area is 192 Å². The summed E-state index contributed by atoms with van der Waals surface area (Å²) < 4.78 is 28.1. The van der Waals surface area contributed by atoms with Crippen molar-refractivity contribution in [2.24, 2.45) is 16.7 Å². The first kappa shape index (κ1) is 22.4. The van der Waals surface area contributed by atoms with E-state index in [1.807, 2.05) is 0 Å². The maximum Gasteiger partial charge on any atom is 0.272 e. The molecule has 0 spiro atoms. The van der Waals surface area contributed by atoms with Crippen LogP contribution in [0.1, 0.15) is 99.9 Å². The highest BCUT2D eigenvalue weighted by molar-refractivity contribution is 7.88. The predicted molar refractivity (Wildman–Crippen MR) is 124 cm³/mol. The van der Waals surface area contributed by atoms with Gasteiger partial charge in [-0.25, -0.2) is 8.42 Å². The van der Waals surface area contributed by atoms with Gasteiger partial charge in [-0.3, -0.25) is 9.48 Å². The molecule has 2 bridgehead atoms. The molecule has 1 aromatic rings. The van der Waals surface area contributed by atoms with Crippen LogP contribution in [-0.2, 0) is 23.0 Å². The summed E-state index contributed by atoms with van der Waals surface area (Å²) in [5.41, 5.74) is 2.53. The summed E-state index contributed by atoms with van der Waals surface area (Å²) in [6.45, 7) is 7.59. The zero-order valence-electron chi connectivity index (χ0n) is 20.0. The number of nitrogens with one attached hydrogen (secondary N) is 1. The van der Waals surface area contributed by atoms with Gasteiger partial charge in [0, 0.05) is 36.8 Å². The van der Waals surface area contributed by atoms with Gasteiger partial charge < -0.3 is 5.32 Å². The maximum atomic E-state index is 13.7. The van der Waals surface area contributed by atoms with Crippen LogP contribution < -0.4 is 5.32 Å². The highest BCUT2D eigenvalue weighted by Gasteiger charge is 2.59. The van der Waals surface area contributed by atoms with E-state index in [9.17, 15) is 13.2 Å². The molecule has 3 atom stereocenters. The maximum absolute atomic E-state index is 13.7. The molecule has 1 amide bonds. The molecule has 5 rings (SSSR count). The summed E-state index contributed by atoms with van der Waals surface area (Å²) in [4.78, 5) is 13.7. The van der Waals surface area contributed by atoms with Crippen LogP contribution in [0.3, 0.4) is 0 Å². The van der Waals surface area contributed by atoms with Gasteiger partial charge in [0.1, 0.15) is 0 Å². The Kier molecular flexibility index (Phi) is 5.28. The van der Waals surface area contributed by atoms with Gasteiger partial charge >= 0.3 is 0 Å². The number of hydrogen-bond acceptors (Lipinski definition) is 4. The summed E-state index contributed by atoms with van der Waals surface area (Å²) in [7, 11) is -3.32. The van der Waals surface area contributed by atoms with Crippen molar-refractivity contribution in [3.05, 3.63) is 17.0 Å². The predicted octanol–water partition coefficient (Wildman–Crippen LogP) is 3.65. The van der Waals surface area contributed by atoms with Gasteiger partial charge in [-0.1, -0.05) is 40.0 Å². The van der Waals surface area contributed by atoms with Gasteiger partial charge in [-0.15, -0.1) is 0 Å². The summed E-state index contributed by atoms with van der Waals surface area (Å²) in [5, 5.41) is 8.28. The number of aromatic nitrogens is 2. The lowest BCUT2D eigenvalue weighted by molar-refractivity contribution is 0.0730. The lowest BCUT2D eigenvalue weighted by Gasteiger charge is -2.43. The van der Waals surface area contributed by atoms with Crippen LogP contribution in [0.5, 0.6) is 0 Å². The Bertz CT molecular complexity index is 1020. The average Bonchev–Trinajstić information content (AvgIpc) is 3.37. The van der Waals surface area contributed by atoms with Crippen molar-refractivity contribution in [1.82, 2.24) is 19.4 Å². The van der Waals surface area contributed by atoms with E-state index in [0.29, 0.717) is 30.6 Å². The second-order valence-corrected chi connectivity index (χ2v) is 13.7. The van der Waals surface area contributed by atoms with Crippen LogP contribution in [0.15, 0.2) is 0 Å². The first-order valence-electron chi connectivity index (χ1n) is 12.4. The molecule has 0 aromatic carbocycles. The van der Waals surface area contributed by atoms with Gasteiger partial charge in [0.2, 0.25) is 10.0 Å². The highest BCUT2D eigenvalue weighted by Crippen LogP contribution is 2.62. The van der Waals surface area contributed by atoms with Crippen LogP contribution in [0, 0.1) is 16.7 Å². The van der Waals surface area contributed by atoms with Gasteiger partial charge in [-0.2, -0.15) is 9.40 Å². The van der Waals surface area contributed by atoms with E-state index in [4.69, 9.17) is 5.10 Å². The van der Waals surface area contributed by atoms with E-state index < -0.39 is 10.0 Å². The second kappa shape index (κ2) is 7.55. The zero-order valence-corrected chi connectivity index (χ0v) is 20.8. The number of nitrogens with zero attached hydrogens (tertiary/aromatic N) is 3. The zero-order chi connectivity index (χ0) is 22.9. The van der Waals surface area contributed by atoms with Crippen molar-refractivity contribution in [3.8, 4) is 0 Å². The minimum absolute atomic E-state index is 0.0629. The van der Waals surface area contributed by atoms with Crippen molar-refractivity contribution in [2.75, 3.05) is 12.8 Å². The van der Waals surface area contributed by atoms with Crippen LogP contribution >= 0.6 is 0 Å². The second-order valence-electron chi connectivity index (χ2n) is 11.7. The molecule has 1 N–H and O–H groups in total. The fraction of sp³-hybridized carbons (Fsp3) is 0.833. The monoisotopic (exact) mass is 462 g/mol. The third kappa shape index (κ3) is 3.52. The Morgan fingerprint density at radius 3 is 2.47 bits per heavy atom. The normalized spacial score (nSPS) is 32.8. The molecule has 3 saturated carbocycles. The van der Waals surface area contributed by atoms with Gasteiger partial charge in [0.15, 0.2) is 5.69 Å². The van der Waals surface area contributed by atoms with Crippen LogP contribution in [-0.4, -0.2) is 47.3 Å². The molecule has 8 heteroatoms. The molecule has 4 aliphatic rings. The number of hydrogen-bond donors (Lipinski definition) is 1. The minimum Gasteiger partial charge on any atom is -0.347 e. The topological polar surface area (TPSA) is 84.3 Å². The van der Waals surface area contributed by atoms with E-state index in [1.165, 1.54) is 42.7 Å². The first-order valence-corrected chi connectivity index (χ1v) is 14.2. The third-order valence-corrected chi connectivity index (χ3v) is 10.5. The van der Waals surface area contributed by atoms with E-state index >= 15 is 0 Å². The number of rotatable bonds is 4. The molecule has 0 radical (unpaired) electrons. The molecular formula is C24H38N4O3S. The van der Waals surface area contributed by atoms with Crippen molar-refractivity contribution >= 4 is 15.9 Å². The molecule has 178 valence electrons. The number of carbonyl (C=O) groups is 1. The molecule has 2 heterocycles. The Hall–Kier alpha value is -1.41. The molecule has 32 heavy (non-hydrogen) atoms. The lowest BCUT2D eigenvalue weighted by atomic mass is 9.68. The molecule has 3 fully saturated rings. The van der Waals surface area contributed by atoms with Gasteiger partial charge in [-0.05, 0) is 48.9 Å². The molecule has 7 nitrogen and oxygen atoms in total.